The molecule has 0 amide bonds. The number of nitrogens with zero attached hydrogens (tertiary/aromatic N) is 2. The number of hydrogen-bond acceptors (Lipinski definition) is 2. The molecule has 2 unspecified atom stereocenters. The molecule has 19 heavy (non-hydrogen) atoms. The van der Waals surface area contributed by atoms with E-state index in [0.29, 0.717) is 6.04 Å². The highest BCUT2D eigenvalue weighted by molar-refractivity contribution is 5.53. The van der Waals surface area contributed by atoms with Crippen LogP contribution in [0.5, 0.6) is 0 Å². The van der Waals surface area contributed by atoms with E-state index in [0.717, 1.165) is 18.4 Å². The Balaban J connectivity index is 1.66. The van der Waals surface area contributed by atoms with Gasteiger partial charge in [0, 0.05) is 24.3 Å². The minimum absolute atomic E-state index is 0.664. The average molecular weight is 257 g/mol. The van der Waals surface area contributed by atoms with Crippen LogP contribution in [0.4, 0.5) is 0 Å². The maximum Gasteiger partial charge on any atom is 0.0706 e. The zero-order valence-corrected chi connectivity index (χ0v) is 11.8. The predicted octanol–water partition coefficient (Wildman–Crippen LogP) is 3.25. The van der Waals surface area contributed by atoms with E-state index in [1.165, 1.54) is 30.3 Å². The summed E-state index contributed by atoms with van der Waals surface area (Å²) < 4.78 is 1.95. The summed E-state index contributed by atoms with van der Waals surface area (Å²) in [5.74, 6) is 1.70. The van der Waals surface area contributed by atoms with E-state index in [2.05, 4.69) is 36.4 Å². The fourth-order valence-electron chi connectivity index (χ4n) is 3.49. The first-order valence-corrected chi connectivity index (χ1v) is 7.37. The maximum atomic E-state index is 4.39. The molecule has 0 aromatic carbocycles. The molecule has 2 aromatic rings. The molecule has 0 radical (unpaired) electrons. The monoisotopic (exact) mass is 257 g/mol. The van der Waals surface area contributed by atoms with Crippen molar-refractivity contribution in [3.8, 4) is 0 Å². The lowest BCUT2D eigenvalue weighted by atomic mass is 9.80. The van der Waals surface area contributed by atoms with E-state index in [1.54, 1.807) is 0 Å². The number of nitrogens with one attached hydrogen (secondary N) is 1. The standard InChI is InChI=1S/C16H23N3/c1-12-7-13(2)9-15(8-12)17-10-14-11-18-19-6-4-3-5-16(14)19/h3-6,11-13,15,17H,7-10H2,1-2H3. The zero-order valence-electron chi connectivity index (χ0n) is 11.8. The van der Waals surface area contributed by atoms with Gasteiger partial charge >= 0.3 is 0 Å². The second kappa shape index (κ2) is 5.33. The van der Waals surface area contributed by atoms with Gasteiger partial charge in [0.05, 0.1) is 11.7 Å². The Hall–Kier alpha value is -1.35. The summed E-state index contributed by atoms with van der Waals surface area (Å²) in [6.45, 7) is 5.68. The second-order valence-electron chi connectivity index (χ2n) is 6.20. The fraction of sp³-hybridized carbons (Fsp3) is 0.562. The zero-order chi connectivity index (χ0) is 13.2. The molecule has 1 aliphatic carbocycles. The van der Waals surface area contributed by atoms with Crippen molar-refractivity contribution in [1.82, 2.24) is 14.9 Å². The van der Waals surface area contributed by atoms with Crippen LogP contribution in [0.15, 0.2) is 30.6 Å². The number of aromatic nitrogens is 2. The Morgan fingerprint density at radius 3 is 2.79 bits per heavy atom. The fourth-order valence-corrected chi connectivity index (χ4v) is 3.49. The summed E-state index contributed by atoms with van der Waals surface area (Å²) in [7, 11) is 0. The molecule has 3 rings (SSSR count). The molecule has 102 valence electrons. The molecule has 0 saturated heterocycles. The molecule has 1 fully saturated rings. The maximum absolute atomic E-state index is 4.39. The van der Waals surface area contributed by atoms with Gasteiger partial charge in [0.25, 0.3) is 0 Å². The van der Waals surface area contributed by atoms with Crippen LogP contribution in [0.2, 0.25) is 0 Å². The number of rotatable bonds is 3. The van der Waals surface area contributed by atoms with Gasteiger partial charge in [-0.15, -0.1) is 0 Å². The molecular weight excluding hydrogens is 234 g/mol. The largest absolute Gasteiger partial charge is 0.310 e. The Bertz CT molecular complexity index is 536. The predicted molar refractivity (Wildman–Crippen MR) is 78.0 cm³/mol. The van der Waals surface area contributed by atoms with Crippen molar-refractivity contribution < 1.29 is 0 Å². The summed E-state index contributed by atoms with van der Waals surface area (Å²) in [6.07, 6.45) is 7.99. The lowest BCUT2D eigenvalue weighted by molar-refractivity contribution is 0.238. The van der Waals surface area contributed by atoms with E-state index in [-0.39, 0.29) is 0 Å². The van der Waals surface area contributed by atoms with E-state index >= 15 is 0 Å². The third-order valence-electron chi connectivity index (χ3n) is 4.27. The molecule has 2 aromatic heterocycles. The van der Waals surface area contributed by atoms with Gasteiger partial charge in [0.2, 0.25) is 0 Å². The average Bonchev–Trinajstić information content (AvgIpc) is 2.78. The van der Waals surface area contributed by atoms with Crippen molar-refractivity contribution in [3.05, 3.63) is 36.2 Å². The van der Waals surface area contributed by atoms with Crippen LogP contribution < -0.4 is 5.32 Å². The van der Waals surface area contributed by atoms with Crippen molar-refractivity contribution in [2.45, 2.75) is 45.7 Å². The van der Waals surface area contributed by atoms with Gasteiger partial charge < -0.3 is 5.32 Å². The summed E-state index contributed by atoms with van der Waals surface area (Å²) in [5.41, 5.74) is 2.51. The SMILES string of the molecule is CC1CC(C)CC(NCc2cnn3ccccc23)C1. The third-order valence-corrected chi connectivity index (χ3v) is 4.27. The van der Waals surface area contributed by atoms with E-state index in [4.69, 9.17) is 0 Å². The molecule has 2 atom stereocenters. The highest BCUT2D eigenvalue weighted by Crippen LogP contribution is 2.28. The molecule has 1 aliphatic rings. The Morgan fingerprint density at radius 2 is 2.00 bits per heavy atom. The summed E-state index contributed by atoms with van der Waals surface area (Å²) in [5, 5.41) is 8.11. The second-order valence-corrected chi connectivity index (χ2v) is 6.20. The lowest BCUT2D eigenvalue weighted by Gasteiger charge is -2.32. The molecule has 3 heteroatoms. The van der Waals surface area contributed by atoms with E-state index in [1.807, 2.05) is 23.0 Å². The molecule has 0 spiro atoms. The first kappa shape index (κ1) is 12.7. The van der Waals surface area contributed by atoms with Crippen LogP contribution in [0.1, 0.15) is 38.7 Å². The first-order chi connectivity index (χ1) is 9.22. The van der Waals surface area contributed by atoms with Crippen LogP contribution in [-0.4, -0.2) is 15.7 Å². The minimum Gasteiger partial charge on any atom is -0.310 e. The van der Waals surface area contributed by atoms with Crippen molar-refractivity contribution in [1.29, 1.82) is 0 Å². The van der Waals surface area contributed by atoms with Crippen LogP contribution in [-0.2, 0) is 6.54 Å². The lowest BCUT2D eigenvalue weighted by Crippen LogP contribution is -2.35. The van der Waals surface area contributed by atoms with Gasteiger partial charge in [-0.3, -0.25) is 0 Å². The smallest absolute Gasteiger partial charge is 0.0706 e. The van der Waals surface area contributed by atoms with Crippen LogP contribution in [0, 0.1) is 11.8 Å². The molecular formula is C16H23N3. The van der Waals surface area contributed by atoms with E-state index < -0.39 is 0 Å². The van der Waals surface area contributed by atoms with Crippen molar-refractivity contribution in [3.63, 3.8) is 0 Å². The van der Waals surface area contributed by atoms with Crippen LogP contribution >= 0.6 is 0 Å². The van der Waals surface area contributed by atoms with Gasteiger partial charge in [-0.05, 0) is 43.2 Å². The quantitative estimate of drug-likeness (QED) is 0.914. The molecule has 2 heterocycles. The Labute approximate surface area is 115 Å². The first-order valence-electron chi connectivity index (χ1n) is 7.37. The number of hydrogen-bond donors (Lipinski definition) is 1. The van der Waals surface area contributed by atoms with Crippen LogP contribution in [0.25, 0.3) is 5.52 Å². The summed E-state index contributed by atoms with van der Waals surface area (Å²) in [4.78, 5) is 0. The minimum atomic E-state index is 0.664. The molecule has 1 N–H and O–H groups in total. The van der Waals surface area contributed by atoms with Crippen molar-refractivity contribution >= 4 is 5.52 Å². The van der Waals surface area contributed by atoms with E-state index in [9.17, 15) is 0 Å². The summed E-state index contributed by atoms with van der Waals surface area (Å²) >= 11 is 0. The molecule has 3 nitrogen and oxygen atoms in total. The Kier molecular flexibility index (Phi) is 3.56. The normalized spacial score (nSPS) is 27.8. The third kappa shape index (κ3) is 2.81. The van der Waals surface area contributed by atoms with Gasteiger partial charge in [-0.2, -0.15) is 5.10 Å². The number of fused-ring (bicyclic) bond motifs is 1. The molecule has 0 aliphatic heterocycles. The Morgan fingerprint density at radius 1 is 1.21 bits per heavy atom. The summed E-state index contributed by atoms with van der Waals surface area (Å²) in [6, 6.07) is 6.89. The highest BCUT2D eigenvalue weighted by Gasteiger charge is 2.23. The number of pyridine rings is 1. The van der Waals surface area contributed by atoms with Gasteiger partial charge in [0.15, 0.2) is 0 Å². The van der Waals surface area contributed by atoms with Gasteiger partial charge in [-0.25, -0.2) is 4.52 Å². The van der Waals surface area contributed by atoms with Crippen molar-refractivity contribution in [2.75, 3.05) is 0 Å². The van der Waals surface area contributed by atoms with Crippen molar-refractivity contribution in [2.24, 2.45) is 11.8 Å². The van der Waals surface area contributed by atoms with Gasteiger partial charge in [0.1, 0.15) is 0 Å². The molecule has 0 bridgehead atoms. The van der Waals surface area contributed by atoms with Gasteiger partial charge in [-0.1, -0.05) is 19.9 Å². The van der Waals surface area contributed by atoms with Crippen LogP contribution in [0.3, 0.4) is 0 Å². The topological polar surface area (TPSA) is 29.3 Å². The molecule has 1 saturated carbocycles. The highest BCUT2D eigenvalue weighted by atomic mass is 15.2.